The first kappa shape index (κ1) is 31.8. The molecule has 0 saturated carbocycles. The van der Waals surface area contributed by atoms with Crippen LogP contribution in [0, 0.1) is 0 Å². The molecule has 47 heavy (non-hydrogen) atoms. The van der Waals surface area contributed by atoms with Crippen LogP contribution < -0.4 is 23.8 Å². The van der Waals surface area contributed by atoms with Gasteiger partial charge in [-0.25, -0.2) is 13.4 Å². The highest BCUT2D eigenvalue weighted by Crippen LogP contribution is 2.35. The second kappa shape index (κ2) is 13.4. The zero-order valence-corrected chi connectivity index (χ0v) is 27.6. The molecule has 0 spiro atoms. The van der Waals surface area contributed by atoms with Crippen LogP contribution in [0.4, 0.5) is 11.4 Å². The largest absolute Gasteiger partial charge is 0.454 e. The predicted octanol–water partition coefficient (Wildman–Crippen LogP) is 5.21. The number of benzene rings is 3. The van der Waals surface area contributed by atoms with Crippen LogP contribution in [0.2, 0.25) is 10.0 Å². The fraction of sp³-hybridized carbons (Fsp3) is 0.303. The lowest BCUT2D eigenvalue weighted by molar-refractivity contribution is -0.0210. The van der Waals surface area contributed by atoms with Crippen LogP contribution in [0.25, 0.3) is 0 Å². The Morgan fingerprint density at radius 1 is 0.915 bits per heavy atom. The minimum atomic E-state index is -3.88. The molecule has 246 valence electrons. The molecule has 7 rings (SSSR count). The number of aliphatic hydroxyl groups is 1. The Bertz CT molecular complexity index is 1870. The summed E-state index contributed by atoms with van der Waals surface area (Å²) in [7, 11) is -3.88. The van der Waals surface area contributed by atoms with E-state index in [9.17, 15) is 13.5 Å². The fourth-order valence-electron chi connectivity index (χ4n) is 6.01. The number of sulfonamides is 1. The molecule has 11 nitrogen and oxygen atoms in total. The number of piperazine rings is 1. The molecule has 1 fully saturated rings. The van der Waals surface area contributed by atoms with Crippen molar-refractivity contribution in [1.29, 1.82) is 0 Å². The van der Waals surface area contributed by atoms with Crippen LogP contribution >= 0.6 is 23.2 Å². The van der Waals surface area contributed by atoms with Gasteiger partial charge in [0.1, 0.15) is 12.0 Å². The van der Waals surface area contributed by atoms with E-state index in [1.165, 1.54) is 30.0 Å². The molecule has 3 aliphatic heterocycles. The summed E-state index contributed by atoms with van der Waals surface area (Å²) in [6, 6.07) is 19.2. The summed E-state index contributed by atoms with van der Waals surface area (Å²) in [5.74, 6) is 2.55. The molecule has 3 aromatic carbocycles. The Labute approximate surface area is 283 Å². The minimum Gasteiger partial charge on any atom is -0.454 e. The van der Waals surface area contributed by atoms with E-state index < -0.39 is 16.3 Å². The average Bonchev–Trinajstić information content (AvgIpc) is 3.70. The Balaban J connectivity index is 0.903. The number of nitrogens with zero attached hydrogens (tertiary/aromatic N) is 4. The van der Waals surface area contributed by atoms with Crippen molar-refractivity contribution in [3.05, 3.63) is 94.1 Å². The zero-order valence-electron chi connectivity index (χ0n) is 25.3. The molecule has 4 heterocycles. The highest BCUT2D eigenvalue weighted by Gasteiger charge is 2.28. The van der Waals surface area contributed by atoms with Crippen LogP contribution in [-0.2, 0) is 23.0 Å². The maximum atomic E-state index is 12.7. The van der Waals surface area contributed by atoms with Gasteiger partial charge in [0.25, 0.3) is 10.0 Å². The van der Waals surface area contributed by atoms with Crippen molar-refractivity contribution in [1.82, 2.24) is 14.8 Å². The van der Waals surface area contributed by atoms with Gasteiger partial charge in [-0.1, -0.05) is 29.3 Å². The standard InChI is InChI=1S/C33H33Cl2N5O6S/c34-27-5-4-26(17-28(27)35)47(42,43)37-24-2-8-32(36-18-24)46-25-3-6-29-23(16-25)9-10-40(29)20-33(41)39-13-11-38(12-14-39)19-22-1-7-30-31(15-22)45-21-44-30/h1-8,15-18,33,37,41H,9-14,19-21H2. The van der Waals surface area contributed by atoms with Crippen LogP contribution in [0.1, 0.15) is 11.1 Å². The number of nitrogens with one attached hydrogen (secondary N) is 1. The van der Waals surface area contributed by atoms with Crippen molar-refractivity contribution < 1.29 is 27.7 Å². The molecular weight excluding hydrogens is 665 g/mol. The summed E-state index contributed by atoms with van der Waals surface area (Å²) in [6.45, 7) is 5.79. The van der Waals surface area contributed by atoms with E-state index in [1.807, 2.05) is 30.3 Å². The number of anilines is 2. The van der Waals surface area contributed by atoms with Crippen LogP contribution in [0.15, 0.2) is 77.8 Å². The van der Waals surface area contributed by atoms with Gasteiger partial charge in [0.2, 0.25) is 12.7 Å². The van der Waals surface area contributed by atoms with Gasteiger partial charge in [-0.15, -0.1) is 0 Å². The Morgan fingerprint density at radius 2 is 1.74 bits per heavy atom. The second-order valence-corrected chi connectivity index (χ2v) is 14.1. The first-order valence-corrected chi connectivity index (χ1v) is 17.5. The smallest absolute Gasteiger partial charge is 0.261 e. The molecule has 2 N–H and O–H groups in total. The molecule has 1 saturated heterocycles. The second-order valence-electron chi connectivity index (χ2n) is 11.6. The molecule has 3 aliphatic rings. The number of β-amino-alcohol motifs (C(OH)–C–C–N with tert-alkyl or cyclic N) is 1. The Kier molecular flexibility index (Phi) is 9.05. The molecular formula is C33H33Cl2N5O6S. The number of aliphatic hydroxyl groups excluding tert-OH is 1. The minimum absolute atomic E-state index is 0.0108. The van der Waals surface area contributed by atoms with Gasteiger partial charge in [-0.3, -0.25) is 14.5 Å². The summed E-state index contributed by atoms with van der Waals surface area (Å²) in [5, 5.41) is 11.5. The number of aromatic nitrogens is 1. The van der Waals surface area contributed by atoms with Crippen molar-refractivity contribution in [2.45, 2.75) is 24.1 Å². The fourth-order valence-corrected chi connectivity index (χ4v) is 7.44. The molecule has 1 atom stereocenters. The molecule has 1 unspecified atom stereocenters. The number of ether oxygens (including phenoxy) is 3. The monoisotopic (exact) mass is 697 g/mol. The number of hydrogen-bond donors (Lipinski definition) is 2. The Hall–Kier alpha value is -3.78. The SMILES string of the molecule is O=S(=O)(Nc1ccc(Oc2ccc3c(c2)CCN3CC(O)N2CCN(Cc3ccc4c(c3)OCO4)CC2)nc1)c1ccc(Cl)c(Cl)c1. The average molecular weight is 699 g/mol. The molecule has 0 aliphatic carbocycles. The van der Waals surface area contributed by atoms with Crippen molar-refractivity contribution in [2.75, 3.05) is 55.7 Å². The van der Waals surface area contributed by atoms with Gasteiger partial charge in [0.15, 0.2) is 11.5 Å². The third kappa shape index (κ3) is 7.23. The quantitative estimate of drug-likeness (QED) is 0.229. The van der Waals surface area contributed by atoms with E-state index in [-0.39, 0.29) is 27.4 Å². The van der Waals surface area contributed by atoms with E-state index in [0.29, 0.717) is 18.2 Å². The highest BCUT2D eigenvalue weighted by molar-refractivity contribution is 7.92. The van der Waals surface area contributed by atoms with Gasteiger partial charge < -0.3 is 24.2 Å². The van der Waals surface area contributed by atoms with Gasteiger partial charge in [0, 0.05) is 51.0 Å². The van der Waals surface area contributed by atoms with Gasteiger partial charge in [-0.2, -0.15) is 0 Å². The maximum absolute atomic E-state index is 12.7. The number of fused-ring (bicyclic) bond motifs is 2. The highest BCUT2D eigenvalue weighted by atomic mass is 35.5. The van der Waals surface area contributed by atoms with Crippen molar-refractivity contribution in [2.24, 2.45) is 0 Å². The van der Waals surface area contributed by atoms with Crippen molar-refractivity contribution >= 4 is 44.6 Å². The Morgan fingerprint density at radius 3 is 2.53 bits per heavy atom. The molecule has 0 radical (unpaired) electrons. The number of hydrogen-bond acceptors (Lipinski definition) is 10. The van der Waals surface area contributed by atoms with E-state index in [2.05, 4.69) is 30.5 Å². The summed E-state index contributed by atoms with van der Waals surface area (Å²) in [4.78, 5) is 11.0. The number of rotatable bonds is 10. The zero-order chi connectivity index (χ0) is 32.5. The van der Waals surface area contributed by atoms with Crippen molar-refractivity contribution in [3.63, 3.8) is 0 Å². The first-order chi connectivity index (χ1) is 22.7. The third-order valence-corrected chi connectivity index (χ3v) is 10.6. The number of halogens is 2. The van der Waals surface area contributed by atoms with E-state index in [1.54, 1.807) is 12.1 Å². The molecule has 0 bridgehead atoms. The normalized spacial score (nSPS) is 17.0. The van der Waals surface area contributed by atoms with Crippen molar-refractivity contribution in [3.8, 4) is 23.1 Å². The molecule has 4 aromatic rings. The van der Waals surface area contributed by atoms with Gasteiger partial charge in [0.05, 0.1) is 33.4 Å². The predicted molar refractivity (Wildman–Crippen MR) is 179 cm³/mol. The lowest BCUT2D eigenvalue weighted by atomic mass is 10.1. The molecule has 1 aromatic heterocycles. The first-order valence-electron chi connectivity index (χ1n) is 15.2. The maximum Gasteiger partial charge on any atom is 0.261 e. The summed E-state index contributed by atoms with van der Waals surface area (Å²) >= 11 is 11.9. The summed E-state index contributed by atoms with van der Waals surface area (Å²) in [6.07, 6.45) is 1.66. The van der Waals surface area contributed by atoms with E-state index in [4.69, 9.17) is 37.4 Å². The molecule has 0 amide bonds. The summed E-state index contributed by atoms with van der Waals surface area (Å²) < 4.78 is 44.8. The van der Waals surface area contributed by atoms with Crippen LogP contribution in [0.3, 0.4) is 0 Å². The third-order valence-electron chi connectivity index (χ3n) is 8.51. The summed E-state index contributed by atoms with van der Waals surface area (Å²) in [5.41, 5.74) is 3.68. The van der Waals surface area contributed by atoms with Gasteiger partial charge in [-0.05, 0) is 72.1 Å². The number of pyridine rings is 1. The van der Waals surface area contributed by atoms with E-state index >= 15 is 0 Å². The lowest BCUT2D eigenvalue weighted by Crippen LogP contribution is -2.53. The van der Waals surface area contributed by atoms with Crippen LogP contribution in [0.5, 0.6) is 23.1 Å². The molecule has 14 heteroatoms. The van der Waals surface area contributed by atoms with Crippen LogP contribution in [-0.4, -0.2) is 80.6 Å². The van der Waals surface area contributed by atoms with Gasteiger partial charge >= 0.3 is 0 Å². The lowest BCUT2D eigenvalue weighted by Gasteiger charge is -2.38. The topological polar surface area (TPSA) is 117 Å². The van der Waals surface area contributed by atoms with E-state index in [0.717, 1.165) is 68.4 Å².